The Morgan fingerprint density at radius 2 is 2.24 bits per heavy atom. The summed E-state index contributed by atoms with van der Waals surface area (Å²) in [7, 11) is -2.99. The van der Waals surface area contributed by atoms with E-state index in [4.69, 9.17) is 10.5 Å². The number of carbonyl (C=O) groups is 1. The van der Waals surface area contributed by atoms with Crippen LogP contribution in [0.1, 0.15) is 30.1 Å². The molecule has 0 spiro atoms. The lowest BCUT2D eigenvalue weighted by atomic mass is 10.1. The molecule has 1 saturated heterocycles. The lowest BCUT2D eigenvalue weighted by Gasteiger charge is -2.24. The van der Waals surface area contributed by atoms with E-state index >= 15 is 0 Å². The van der Waals surface area contributed by atoms with Crippen molar-refractivity contribution in [1.82, 2.24) is 0 Å². The number of carbonyl (C=O) groups excluding carboxylic acids is 1. The summed E-state index contributed by atoms with van der Waals surface area (Å²) in [5, 5.41) is 3.13. The molecule has 21 heavy (non-hydrogen) atoms. The molecule has 0 aromatic heterocycles. The van der Waals surface area contributed by atoms with Crippen LogP contribution in [0.3, 0.4) is 0 Å². The molecule has 1 atom stereocenters. The van der Waals surface area contributed by atoms with Gasteiger partial charge in [0.2, 0.25) is 0 Å². The number of hydrogen-bond acceptors (Lipinski definition) is 6. The monoisotopic (exact) mass is 312 g/mol. The van der Waals surface area contributed by atoms with Crippen LogP contribution in [-0.2, 0) is 14.6 Å². The zero-order valence-corrected chi connectivity index (χ0v) is 12.8. The average molecular weight is 312 g/mol. The molecule has 1 aliphatic rings. The Morgan fingerprint density at radius 1 is 1.48 bits per heavy atom. The Morgan fingerprint density at radius 3 is 2.90 bits per heavy atom. The van der Waals surface area contributed by atoms with Gasteiger partial charge in [0.15, 0.2) is 9.84 Å². The summed E-state index contributed by atoms with van der Waals surface area (Å²) in [5.74, 6) is -0.0867. The first-order chi connectivity index (χ1) is 9.91. The van der Waals surface area contributed by atoms with Crippen molar-refractivity contribution < 1.29 is 17.9 Å². The highest BCUT2D eigenvalue weighted by Crippen LogP contribution is 2.24. The third kappa shape index (κ3) is 4.10. The summed E-state index contributed by atoms with van der Waals surface area (Å²) in [5.41, 5.74) is 7.33. The Kier molecular flexibility index (Phi) is 4.72. The van der Waals surface area contributed by atoms with Gasteiger partial charge in [-0.25, -0.2) is 13.2 Å². The van der Waals surface area contributed by atoms with Crippen LogP contribution < -0.4 is 11.1 Å². The number of anilines is 2. The number of sulfone groups is 1. The molecule has 1 aromatic rings. The van der Waals surface area contributed by atoms with Gasteiger partial charge in [-0.05, 0) is 38.0 Å². The van der Waals surface area contributed by atoms with Gasteiger partial charge in [-0.1, -0.05) is 0 Å². The maximum atomic E-state index is 11.7. The number of esters is 1. The molecule has 0 radical (unpaired) electrons. The van der Waals surface area contributed by atoms with Gasteiger partial charge in [0.05, 0.1) is 35.1 Å². The first-order valence-electron chi connectivity index (χ1n) is 6.95. The molecular formula is C14H20N2O4S. The van der Waals surface area contributed by atoms with Crippen LogP contribution >= 0.6 is 0 Å². The van der Waals surface area contributed by atoms with Crippen LogP contribution in [0.25, 0.3) is 0 Å². The van der Waals surface area contributed by atoms with Gasteiger partial charge in [-0.2, -0.15) is 0 Å². The molecule has 0 amide bonds. The minimum Gasteiger partial charge on any atom is -0.462 e. The van der Waals surface area contributed by atoms with Crippen LogP contribution in [0, 0.1) is 0 Å². The molecule has 1 fully saturated rings. The zero-order chi connectivity index (χ0) is 15.5. The van der Waals surface area contributed by atoms with Crippen LogP contribution in [0.4, 0.5) is 11.4 Å². The summed E-state index contributed by atoms with van der Waals surface area (Å²) in [6.07, 6.45) is 1.40. The number of nitrogens with two attached hydrogens (primary N) is 1. The van der Waals surface area contributed by atoms with Crippen molar-refractivity contribution in [3.8, 4) is 0 Å². The maximum Gasteiger partial charge on any atom is 0.338 e. The van der Waals surface area contributed by atoms with Gasteiger partial charge in [0.1, 0.15) is 0 Å². The Balaban J connectivity index is 2.15. The fraction of sp³-hybridized carbons (Fsp3) is 0.500. The van der Waals surface area contributed by atoms with Crippen LogP contribution in [0.5, 0.6) is 0 Å². The van der Waals surface area contributed by atoms with E-state index in [0.717, 1.165) is 6.42 Å². The van der Waals surface area contributed by atoms with Crippen LogP contribution in [0.2, 0.25) is 0 Å². The van der Waals surface area contributed by atoms with Crippen LogP contribution in [-0.4, -0.2) is 38.5 Å². The smallest absolute Gasteiger partial charge is 0.338 e. The fourth-order valence-electron chi connectivity index (χ4n) is 2.38. The summed E-state index contributed by atoms with van der Waals surface area (Å²) in [4.78, 5) is 11.7. The molecule has 2 rings (SSSR count). The highest BCUT2D eigenvalue weighted by Gasteiger charge is 2.25. The molecule has 7 heteroatoms. The SMILES string of the molecule is CCOC(=O)c1ccc(N)c(NC2CCCS(=O)(=O)C2)c1. The fourth-order valence-corrected chi connectivity index (χ4v) is 4.02. The normalized spacial score (nSPS) is 20.7. The lowest BCUT2D eigenvalue weighted by molar-refractivity contribution is 0.0526. The highest BCUT2D eigenvalue weighted by atomic mass is 32.2. The van der Waals surface area contributed by atoms with Crippen molar-refractivity contribution in [1.29, 1.82) is 0 Å². The minimum atomic E-state index is -2.99. The maximum absolute atomic E-state index is 11.7. The molecule has 1 aliphatic heterocycles. The van der Waals surface area contributed by atoms with Crippen molar-refractivity contribution in [2.75, 3.05) is 29.2 Å². The first kappa shape index (κ1) is 15.6. The number of benzene rings is 1. The number of rotatable bonds is 4. The zero-order valence-electron chi connectivity index (χ0n) is 12.0. The van der Waals surface area contributed by atoms with E-state index in [1.165, 1.54) is 0 Å². The largest absolute Gasteiger partial charge is 0.462 e. The number of nitrogens with one attached hydrogen (secondary N) is 1. The van der Waals surface area contributed by atoms with Crippen LogP contribution in [0.15, 0.2) is 18.2 Å². The van der Waals surface area contributed by atoms with E-state index in [1.54, 1.807) is 25.1 Å². The number of ether oxygens (including phenoxy) is 1. The van der Waals surface area contributed by atoms with E-state index in [9.17, 15) is 13.2 Å². The summed E-state index contributed by atoms with van der Waals surface area (Å²) >= 11 is 0. The van der Waals surface area contributed by atoms with Gasteiger partial charge < -0.3 is 15.8 Å². The third-order valence-corrected chi connectivity index (χ3v) is 5.21. The molecule has 0 aliphatic carbocycles. The van der Waals surface area contributed by atoms with E-state index < -0.39 is 15.8 Å². The second-order valence-electron chi connectivity index (χ2n) is 5.12. The molecule has 1 unspecified atom stereocenters. The molecule has 1 heterocycles. The standard InChI is InChI=1S/C14H20N2O4S/c1-2-20-14(17)10-5-6-12(15)13(8-10)16-11-4-3-7-21(18,19)9-11/h5-6,8,11,16H,2-4,7,9,15H2,1H3. The Bertz CT molecular complexity index is 628. The summed E-state index contributed by atoms with van der Waals surface area (Å²) in [6, 6.07) is 4.64. The van der Waals surface area contributed by atoms with E-state index in [1.807, 2.05) is 0 Å². The first-order valence-corrected chi connectivity index (χ1v) is 8.77. The quantitative estimate of drug-likeness (QED) is 0.645. The molecule has 1 aromatic carbocycles. The van der Waals surface area contributed by atoms with E-state index in [-0.39, 0.29) is 17.5 Å². The van der Waals surface area contributed by atoms with Gasteiger partial charge in [0.25, 0.3) is 0 Å². The molecule has 6 nitrogen and oxygen atoms in total. The van der Waals surface area contributed by atoms with E-state index in [2.05, 4.69) is 5.32 Å². The van der Waals surface area contributed by atoms with Gasteiger partial charge >= 0.3 is 5.97 Å². The lowest BCUT2D eigenvalue weighted by Crippen LogP contribution is -2.35. The molecule has 0 saturated carbocycles. The van der Waals surface area contributed by atoms with Crippen molar-refractivity contribution in [3.63, 3.8) is 0 Å². The Labute approximate surface area is 124 Å². The van der Waals surface area contributed by atoms with Crippen molar-refractivity contribution in [3.05, 3.63) is 23.8 Å². The van der Waals surface area contributed by atoms with Crippen molar-refractivity contribution >= 4 is 27.2 Å². The summed E-state index contributed by atoms with van der Waals surface area (Å²) < 4.78 is 28.2. The van der Waals surface area contributed by atoms with Crippen molar-refractivity contribution in [2.24, 2.45) is 0 Å². The van der Waals surface area contributed by atoms with Gasteiger partial charge in [0, 0.05) is 6.04 Å². The van der Waals surface area contributed by atoms with Gasteiger partial charge in [-0.3, -0.25) is 0 Å². The van der Waals surface area contributed by atoms with Gasteiger partial charge in [-0.15, -0.1) is 0 Å². The predicted octanol–water partition coefficient (Wildman–Crippen LogP) is 1.43. The second kappa shape index (κ2) is 6.34. The molecule has 116 valence electrons. The summed E-state index contributed by atoms with van der Waals surface area (Å²) in [6.45, 7) is 2.04. The van der Waals surface area contributed by atoms with E-state index in [0.29, 0.717) is 30.0 Å². The second-order valence-corrected chi connectivity index (χ2v) is 7.35. The molecular weight excluding hydrogens is 292 g/mol. The number of nitrogen functional groups attached to an aromatic ring is 1. The Hall–Kier alpha value is -1.76. The number of hydrogen-bond donors (Lipinski definition) is 2. The highest BCUT2D eigenvalue weighted by molar-refractivity contribution is 7.91. The predicted molar refractivity (Wildman–Crippen MR) is 82.1 cm³/mol. The minimum absolute atomic E-state index is 0.0933. The topological polar surface area (TPSA) is 98.5 Å². The molecule has 0 bridgehead atoms. The molecule has 3 N–H and O–H groups in total. The van der Waals surface area contributed by atoms with Crippen molar-refractivity contribution in [2.45, 2.75) is 25.8 Å². The average Bonchev–Trinajstić information content (AvgIpc) is 2.40. The third-order valence-electron chi connectivity index (χ3n) is 3.39.